The molecule has 0 unspecified atom stereocenters. The average Bonchev–Trinajstić information content (AvgIpc) is 2.78. The molecule has 1 aromatic rings. The van der Waals surface area contributed by atoms with Gasteiger partial charge in [0.05, 0.1) is 5.69 Å². The van der Waals surface area contributed by atoms with E-state index >= 15 is 0 Å². The van der Waals surface area contributed by atoms with E-state index in [9.17, 15) is 4.79 Å². The molecule has 0 amide bonds. The van der Waals surface area contributed by atoms with Crippen molar-refractivity contribution in [3.8, 4) is 0 Å². The Morgan fingerprint density at radius 3 is 2.94 bits per heavy atom. The Kier molecular flexibility index (Phi) is 3.89. The summed E-state index contributed by atoms with van der Waals surface area (Å²) in [6, 6.07) is 0. The largest absolute Gasteiger partial charge is 0.299 e. The summed E-state index contributed by atoms with van der Waals surface area (Å²) >= 11 is 1.63. The third-order valence-corrected chi connectivity index (χ3v) is 3.73. The van der Waals surface area contributed by atoms with Gasteiger partial charge in [0.1, 0.15) is 10.8 Å². The van der Waals surface area contributed by atoms with E-state index in [1.54, 1.807) is 11.3 Å². The van der Waals surface area contributed by atoms with Gasteiger partial charge < -0.3 is 0 Å². The summed E-state index contributed by atoms with van der Waals surface area (Å²) in [5.74, 6) is 0.351. The topological polar surface area (TPSA) is 30.0 Å². The third kappa shape index (κ3) is 3.13. The zero-order valence-corrected chi connectivity index (χ0v) is 11.1. The van der Waals surface area contributed by atoms with E-state index in [1.807, 2.05) is 19.2 Å². The predicted octanol–water partition coefficient (Wildman–Crippen LogP) is 3.64. The van der Waals surface area contributed by atoms with Crippen LogP contribution < -0.4 is 0 Å². The average molecular weight is 247 g/mol. The van der Waals surface area contributed by atoms with Crippen LogP contribution in [0.5, 0.6) is 0 Å². The molecule has 0 N–H and O–H groups in total. The van der Waals surface area contributed by atoms with Crippen molar-refractivity contribution in [3.63, 3.8) is 0 Å². The summed E-state index contributed by atoms with van der Waals surface area (Å²) in [5, 5.41) is 3.03. The molecular formula is C14H17NOS. The van der Waals surface area contributed by atoms with Crippen molar-refractivity contribution in [2.24, 2.45) is 5.92 Å². The smallest absolute Gasteiger partial charge is 0.141 e. The maximum atomic E-state index is 11.6. The lowest BCUT2D eigenvalue weighted by Crippen LogP contribution is -2.10. The maximum absolute atomic E-state index is 11.6. The fourth-order valence-electron chi connectivity index (χ4n) is 1.68. The molecular weight excluding hydrogens is 230 g/mol. The van der Waals surface area contributed by atoms with Gasteiger partial charge in [0.25, 0.3) is 0 Å². The van der Waals surface area contributed by atoms with Gasteiger partial charge in [-0.2, -0.15) is 0 Å². The minimum Gasteiger partial charge on any atom is -0.299 e. The first-order valence-corrected chi connectivity index (χ1v) is 6.89. The van der Waals surface area contributed by atoms with Gasteiger partial charge in [0.2, 0.25) is 0 Å². The molecule has 1 heterocycles. The number of Topliss-reactive ketones (excluding diaryl/α,β-unsaturated/α-hetero) is 1. The van der Waals surface area contributed by atoms with Crippen LogP contribution in [0.1, 0.15) is 37.4 Å². The number of rotatable bonds is 4. The minimum atomic E-state index is 0.0916. The molecule has 0 atom stereocenters. The fourth-order valence-corrected chi connectivity index (χ4v) is 2.52. The van der Waals surface area contributed by atoms with E-state index in [4.69, 9.17) is 0 Å². The summed E-state index contributed by atoms with van der Waals surface area (Å²) in [6.45, 7) is 3.87. The van der Waals surface area contributed by atoms with Gasteiger partial charge in [-0.05, 0) is 12.8 Å². The first-order valence-electron chi connectivity index (χ1n) is 6.01. The second kappa shape index (κ2) is 5.41. The Labute approximate surface area is 106 Å². The van der Waals surface area contributed by atoms with E-state index in [-0.39, 0.29) is 11.7 Å². The van der Waals surface area contributed by atoms with Crippen LogP contribution >= 0.6 is 11.3 Å². The SMILES string of the molecule is CC(C)C(=O)Cc1csc(C2=CCCC=C2)n1. The lowest BCUT2D eigenvalue weighted by Gasteiger charge is -2.03. The molecule has 0 saturated carbocycles. The summed E-state index contributed by atoms with van der Waals surface area (Å²) in [4.78, 5) is 16.2. The molecule has 1 aliphatic carbocycles. The summed E-state index contributed by atoms with van der Waals surface area (Å²) in [5.41, 5.74) is 2.10. The second-order valence-electron chi connectivity index (χ2n) is 4.58. The number of nitrogens with zero attached hydrogens (tertiary/aromatic N) is 1. The predicted molar refractivity (Wildman–Crippen MR) is 72.0 cm³/mol. The van der Waals surface area contributed by atoms with Crippen LogP contribution in [0.4, 0.5) is 0 Å². The van der Waals surface area contributed by atoms with Gasteiger partial charge in [-0.3, -0.25) is 4.79 Å². The first-order chi connectivity index (χ1) is 8.16. The van der Waals surface area contributed by atoms with Gasteiger partial charge in [-0.1, -0.05) is 32.1 Å². The van der Waals surface area contributed by atoms with Crippen molar-refractivity contribution < 1.29 is 4.79 Å². The number of carbonyl (C=O) groups is 1. The summed E-state index contributed by atoms with van der Waals surface area (Å²) in [6.07, 6.45) is 9.18. The van der Waals surface area contributed by atoms with Gasteiger partial charge >= 0.3 is 0 Å². The van der Waals surface area contributed by atoms with Crippen molar-refractivity contribution >= 4 is 22.7 Å². The highest BCUT2D eigenvalue weighted by molar-refractivity contribution is 7.10. The highest BCUT2D eigenvalue weighted by Gasteiger charge is 2.12. The van der Waals surface area contributed by atoms with Crippen molar-refractivity contribution in [1.29, 1.82) is 0 Å². The van der Waals surface area contributed by atoms with Crippen molar-refractivity contribution in [2.45, 2.75) is 33.1 Å². The zero-order chi connectivity index (χ0) is 12.3. The molecule has 2 rings (SSSR count). The molecule has 90 valence electrons. The molecule has 0 aromatic carbocycles. The molecule has 17 heavy (non-hydrogen) atoms. The number of thiazole rings is 1. The van der Waals surface area contributed by atoms with Crippen LogP contribution in [-0.2, 0) is 11.2 Å². The number of aromatic nitrogens is 1. The molecule has 0 bridgehead atoms. The van der Waals surface area contributed by atoms with Crippen LogP contribution in [0.25, 0.3) is 5.57 Å². The molecule has 0 fully saturated rings. The Morgan fingerprint density at radius 2 is 2.29 bits per heavy atom. The lowest BCUT2D eigenvalue weighted by atomic mass is 10.1. The highest BCUT2D eigenvalue weighted by atomic mass is 32.1. The van der Waals surface area contributed by atoms with Crippen LogP contribution in [0, 0.1) is 5.92 Å². The molecule has 0 spiro atoms. The van der Waals surface area contributed by atoms with Crippen LogP contribution in [-0.4, -0.2) is 10.8 Å². The first kappa shape index (κ1) is 12.2. The van der Waals surface area contributed by atoms with Gasteiger partial charge in [-0.25, -0.2) is 4.98 Å². The van der Waals surface area contributed by atoms with Crippen LogP contribution in [0.2, 0.25) is 0 Å². The Bertz CT molecular complexity index is 468. The molecule has 1 aromatic heterocycles. The van der Waals surface area contributed by atoms with E-state index < -0.39 is 0 Å². The fraction of sp³-hybridized carbons (Fsp3) is 0.429. The Hall–Kier alpha value is -1.22. The number of allylic oxidation sites excluding steroid dienone is 4. The van der Waals surface area contributed by atoms with Crippen LogP contribution in [0.3, 0.4) is 0 Å². The maximum Gasteiger partial charge on any atom is 0.141 e. The van der Waals surface area contributed by atoms with Crippen molar-refractivity contribution in [1.82, 2.24) is 4.98 Å². The number of hydrogen-bond acceptors (Lipinski definition) is 3. The highest BCUT2D eigenvalue weighted by Crippen LogP contribution is 2.24. The molecule has 2 nitrogen and oxygen atoms in total. The Morgan fingerprint density at radius 1 is 1.47 bits per heavy atom. The normalized spacial score (nSPS) is 15.1. The molecule has 0 aliphatic heterocycles. The minimum absolute atomic E-state index is 0.0916. The van der Waals surface area contributed by atoms with Crippen molar-refractivity contribution in [3.05, 3.63) is 34.3 Å². The van der Waals surface area contributed by atoms with E-state index in [1.165, 1.54) is 5.57 Å². The van der Waals surface area contributed by atoms with Crippen LogP contribution in [0.15, 0.2) is 23.6 Å². The third-order valence-electron chi connectivity index (χ3n) is 2.79. The van der Waals surface area contributed by atoms with E-state index in [0.29, 0.717) is 6.42 Å². The van der Waals surface area contributed by atoms with Gasteiger partial charge in [-0.15, -0.1) is 11.3 Å². The van der Waals surface area contributed by atoms with Gasteiger partial charge in [0, 0.05) is 23.3 Å². The standard InChI is InChI=1S/C14H17NOS/c1-10(2)13(16)8-12-9-17-14(15-12)11-6-4-3-5-7-11/h4,6-7,9-10H,3,5,8H2,1-2H3. The molecule has 0 radical (unpaired) electrons. The monoisotopic (exact) mass is 247 g/mol. The quantitative estimate of drug-likeness (QED) is 0.813. The zero-order valence-electron chi connectivity index (χ0n) is 10.3. The van der Waals surface area contributed by atoms with E-state index in [0.717, 1.165) is 23.5 Å². The Balaban J connectivity index is 2.08. The number of hydrogen-bond donors (Lipinski definition) is 0. The molecule has 1 aliphatic rings. The van der Waals surface area contributed by atoms with Crippen molar-refractivity contribution in [2.75, 3.05) is 0 Å². The lowest BCUT2D eigenvalue weighted by molar-refractivity contribution is -0.121. The summed E-state index contributed by atoms with van der Waals surface area (Å²) in [7, 11) is 0. The van der Waals surface area contributed by atoms with Gasteiger partial charge in [0.15, 0.2) is 0 Å². The van der Waals surface area contributed by atoms with E-state index in [2.05, 4.69) is 23.2 Å². The molecule has 3 heteroatoms. The molecule has 0 saturated heterocycles. The number of ketones is 1. The number of carbonyl (C=O) groups excluding carboxylic acids is 1. The summed E-state index contributed by atoms with van der Waals surface area (Å²) < 4.78 is 0. The second-order valence-corrected chi connectivity index (χ2v) is 5.44.